The van der Waals surface area contributed by atoms with Crippen LogP contribution >= 0.6 is 0 Å². The number of rotatable bonds is 6. The van der Waals surface area contributed by atoms with Gasteiger partial charge in [-0.25, -0.2) is 0 Å². The molecule has 0 saturated heterocycles. The summed E-state index contributed by atoms with van der Waals surface area (Å²) in [4.78, 5) is 15.5. The van der Waals surface area contributed by atoms with Gasteiger partial charge in [0.05, 0.1) is 0 Å². The number of ketones is 1. The number of benzene rings is 3. The van der Waals surface area contributed by atoms with Crippen LogP contribution < -0.4 is 9.47 Å². The van der Waals surface area contributed by atoms with Gasteiger partial charge in [-0.3, -0.25) is 4.79 Å². The molecule has 3 aromatic carbocycles. The Kier molecular flexibility index (Phi) is 4.39. The molecule has 128 valence electrons. The Morgan fingerprint density at radius 3 is 2.23 bits per heavy atom. The second-order valence-electron chi connectivity index (χ2n) is 5.85. The maximum Gasteiger partial charge on any atom is 0.202 e. The predicted octanol–water partition coefficient (Wildman–Crippen LogP) is 5.22. The fraction of sp³-hybridized carbons (Fsp3) is 0.0455. The van der Waals surface area contributed by atoms with Gasteiger partial charge in [0.1, 0.15) is 17.2 Å². The Hall–Kier alpha value is -3.53. The van der Waals surface area contributed by atoms with E-state index in [1.165, 1.54) is 0 Å². The van der Waals surface area contributed by atoms with Crippen molar-refractivity contribution in [3.8, 4) is 17.2 Å². The lowest BCUT2D eigenvalue weighted by molar-refractivity contribution is 0.0923. The molecule has 0 aliphatic carbocycles. The summed E-state index contributed by atoms with van der Waals surface area (Å²) in [5.74, 6) is 2.05. The number of carbonyl (C=O) groups is 1. The third-order valence-corrected chi connectivity index (χ3v) is 4.06. The zero-order valence-electron chi connectivity index (χ0n) is 14.0. The number of nitrogens with one attached hydrogen (secondary N) is 1. The van der Waals surface area contributed by atoms with Gasteiger partial charge in [-0.2, -0.15) is 0 Å². The first-order chi connectivity index (χ1) is 12.8. The number of aromatic nitrogens is 1. The maximum atomic E-state index is 12.4. The topological polar surface area (TPSA) is 51.3 Å². The first-order valence-corrected chi connectivity index (χ1v) is 8.35. The number of fused-ring (bicyclic) bond motifs is 1. The number of ether oxygens (including phenoxy) is 2. The lowest BCUT2D eigenvalue weighted by atomic mass is 10.1. The van der Waals surface area contributed by atoms with Crippen molar-refractivity contribution in [2.24, 2.45) is 0 Å². The molecule has 0 radical (unpaired) electrons. The van der Waals surface area contributed by atoms with Crippen molar-refractivity contribution in [2.45, 2.75) is 0 Å². The number of Topliss-reactive ketones (excluding diaryl/α,β-unsaturated/α-hetero) is 1. The van der Waals surface area contributed by atoms with Crippen LogP contribution in [0.1, 0.15) is 10.4 Å². The predicted molar refractivity (Wildman–Crippen MR) is 101 cm³/mol. The normalized spacial score (nSPS) is 10.6. The van der Waals surface area contributed by atoms with Gasteiger partial charge in [0, 0.05) is 22.7 Å². The van der Waals surface area contributed by atoms with Crippen LogP contribution in [0, 0.1) is 0 Å². The molecule has 0 saturated carbocycles. The van der Waals surface area contributed by atoms with Gasteiger partial charge in [-0.1, -0.05) is 36.4 Å². The zero-order chi connectivity index (χ0) is 17.8. The largest absolute Gasteiger partial charge is 0.485 e. The fourth-order valence-corrected chi connectivity index (χ4v) is 2.76. The molecule has 4 aromatic rings. The van der Waals surface area contributed by atoms with Crippen molar-refractivity contribution < 1.29 is 14.3 Å². The molecule has 4 heteroatoms. The van der Waals surface area contributed by atoms with Crippen LogP contribution in [0.3, 0.4) is 0 Å². The van der Waals surface area contributed by atoms with Crippen molar-refractivity contribution in [3.05, 3.63) is 90.6 Å². The molecule has 0 bridgehead atoms. The molecule has 0 unspecified atom stereocenters. The van der Waals surface area contributed by atoms with E-state index >= 15 is 0 Å². The van der Waals surface area contributed by atoms with Crippen LogP contribution in [0.5, 0.6) is 17.2 Å². The number of H-pyrrole nitrogens is 1. The van der Waals surface area contributed by atoms with Crippen LogP contribution in [0.25, 0.3) is 10.9 Å². The highest BCUT2D eigenvalue weighted by Crippen LogP contribution is 2.24. The van der Waals surface area contributed by atoms with Gasteiger partial charge in [0.15, 0.2) is 6.61 Å². The third kappa shape index (κ3) is 3.44. The number of hydrogen-bond acceptors (Lipinski definition) is 3. The third-order valence-electron chi connectivity index (χ3n) is 4.06. The summed E-state index contributed by atoms with van der Waals surface area (Å²) in [5, 5.41) is 0.910. The highest BCUT2D eigenvalue weighted by molar-refractivity contribution is 6.08. The number of para-hydroxylation sites is 2. The molecular weight excluding hydrogens is 326 g/mol. The monoisotopic (exact) mass is 343 g/mol. The van der Waals surface area contributed by atoms with Gasteiger partial charge in [-0.15, -0.1) is 0 Å². The second-order valence-corrected chi connectivity index (χ2v) is 5.85. The average Bonchev–Trinajstić information content (AvgIpc) is 3.12. The molecule has 0 amide bonds. The van der Waals surface area contributed by atoms with Crippen molar-refractivity contribution in [1.82, 2.24) is 4.98 Å². The molecule has 4 nitrogen and oxygen atoms in total. The zero-order valence-corrected chi connectivity index (χ0v) is 14.0. The quantitative estimate of drug-likeness (QED) is 0.488. The van der Waals surface area contributed by atoms with Crippen LogP contribution in [-0.4, -0.2) is 17.4 Å². The summed E-state index contributed by atoms with van der Waals surface area (Å²) in [7, 11) is 0. The van der Waals surface area contributed by atoms with Crippen molar-refractivity contribution >= 4 is 16.7 Å². The van der Waals surface area contributed by atoms with E-state index in [1.54, 1.807) is 18.3 Å². The Morgan fingerprint density at radius 1 is 0.769 bits per heavy atom. The minimum atomic E-state index is -0.0629. The fourth-order valence-electron chi connectivity index (χ4n) is 2.76. The minimum Gasteiger partial charge on any atom is -0.485 e. The van der Waals surface area contributed by atoms with Gasteiger partial charge >= 0.3 is 0 Å². The lowest BCUT2D eigenvalue weighted by Crippen LogP contribution is -2.11. The Balaban J connectivity index is 1.39. The highest BCUT2D eigenvalue weighted by Gasteiger charge is 2.12. The first-order valence-electron chi connectivity index (χ1n) is 8.35. The summed E-state index contributed by atoms with van der Waals surface area (Å²) in [6.07, 6.45) is 1.73. The molecule has 0 aliphatic rings. The SMILES string of the molecule is O=C(COc1ccc(Oc2ccccc2)cc1)c1c[nH]c2ccccc12. The van der Waals surface area contributed by atoms with E-state index in [0.29, 0.717) is 17.1 Å². The summed E-state index contributed by atoms with van der Waals surface area (Å²) >= 11 is 0. The van der Waals surface area contributed by atoms with Crippen LogP contribution in [0.15, 0.2) is 85.1 Å². The van der Waals surface area contributed by atoms with Crippen molar-refractivity contribution in [2.75, 3.05) is 6.61 Å². The molecular formula is C22H17NO3. The molecule has 1 N–H and O–H groups in total. The van der Waals surface area contributed by atoms with E-state index in [0.717, 1.165) is 16.7 Å². The molecule has 1 aromatic heterocycles. The van der Waals surface area contributed by atoms with Gasteiger partial charge in [0.2, 0.25) is 5.78 Å². The average molecular weight is 343 g/mol. The van der Waals surface area contributed by atoms with Crippen molar-refractivity contribution in [3.63, 3.8) is 0 Å². The van der Waals surface area contributed by atoms with E-state index in [-0.39, 0.29) is 12.4 Å². The molecule has 0 atom stereocenters. The summed E-state index contributed by atoms with van der Waals surface area (Å²) in [5.41, 5.74) is 1.59. The number of hydrogen-bond donors (Lipinski definition) is 1. The van der Waals surface area contributed by atoms with Crippen LogP contribution in [-0.2, 0) is 0 Å². The van der Waals surface area contributed by atoms with Gasteiger partial charge in [-0.05, 0) is 42.5 Å². The molecule has 26 heavy (non-hydrogen) atoms. The van der Waals surface area contributed by atoms with Crippen molar-refractivity contribution in [1.29, 1.82) is 0 Å². The van der Waals surface area contributed by atoms with Crippen LogP contribution in [0.4, 0.5) is 0 Å². The Bertz CT molecular complexity index is 1020. The van der Waals surface area contributed by atoms with E-state index < -0.39 is 0 Å². The summed E-state index contributed by atoms with van der Waals surface area (Å²) < 4.78 is 11.4. The standard InChI is InChI=1S/C22H17NO3/c24-22(20-14-23-21-9-5-4-8-19(20)21)15-25-16-10-12-18(13-11-16)26-17-6-2-1-3-7-17/h1-14,23H,15H2. The summed E-state index contributed by atoms with van der Waals surface area (Å²) in [6.45, 7) is -0.0132. The molecule has 0 fully saturated rings. The Morgan fingerprint density at radius 2 is 1.42 bits per heavy atom. The van der Waals surface area contributed by atoms with Gasteiger partial charge in [0.25, 0.3) is 0 Å². The lowest BCUT2D eigenvalue weighted by Gasteiger charge is -2.08. The Labute approximate surface area is 151 Å². The van der Waals surface area contributed by atoms with Gasteiger partial charge < -0.3 is 14.5 Å². The number of carbonyl (C=O) groups excluding carboxylic acids is 1. The second kappa shape index (κ2) is 7.15. The molecule has 0 aliphatic heterocycles. The van der Waals surface area contributed by atoms with E-state index in [1.807, 2.05) is 66.7 Å². The summed E-state index contributed by atoms with van der Waals surface area (Å²) in [6, 6.07) is 24.5. The number of aromatic amines is 1. The smallest absolute Gasteiger partial charge is 0.202 e. The van der Waals surface area contributed by atoms with Crippen LogP contribution in [0.2, 0.25) is 0 Å². The van der Waals surface area contributed by atoms with E-state index in [9.17, 15) is 4.79 Å². The molecule has 4 rings (SSSR count). The maximum absolute atomic E-state index is 12.4. The molecule has 1 heterocycles. The molecule has 0 spiro atoms. The van der Waals surface area contributed by atoms with E-state index in [4.69, 9.17) is 9.47 Å². The minimum absolute atomic E-state index is 0.0132. The van der Waals surface area contributed by atoms with E-state index in [2.05, 4.69) is 4.98 Å². The first kappa shape index (κ1) is 16.0. The highest BCUT2D eigenvalue weighted by atomic mass is 16.5.